The zero-order chi connectivity index (χ0) is 21.8. The molecular weight excluding hydrogens is 392 g/mol. The number of amides is 1. The van der Waals surface area contributed by atoms with E-state index >= 15 is 0 Å². The molecule has 0 spiro atoms. The number of anilines is 1. The molecule has 31 heavy (non-hydrogen) atoms. The Morgan fingerprint density at radius 1 is 1.03 bits per heavy atom. The number of fused-ring (bicyclic) bond motifs is 1. The number of benzene rings is 2. The molecule has 0 atom stereocenters. The van der Waals surface area contributed by atoms with E-state index in [1.165, 1.54) is 0 Å². The molecule has 1 fully saturated rings. The summed E-state index contributed by atoms with van der Waals surface area (Å²) in [6.07, 6.45) is 1.57. The van der Waals surface area contributed by atoms with Gasteiger partial charge in [-0.15, -0.1) is 0 Å². The first-order valence-corrected chi connectivity index (χ1v) is 10.5. The van der Waals surface area contributed by atoms with E-state index in [1.54, 1.807) is 12.1 Å². The summed E-state index contributed by atoms with van der Waals surface area (Å²) in [5, 5.41) is 9.00. The van der Waals surface area contributed by atoms with Gasteiger partial charge in [0.25, 0.3) is 5.56 Å². The Hall–Kier alpha value is -3.68. The Morgan fingerprint density at radius 3 is 2.48 bits per heavy atom. The average molecular weight is 419 g/mol. The van der Waals surface area contributed by atoms with Crippen LogP contribution in [0.25, 0.3) is 10.9 Å². The molecule has 3 aromatic rings. The largest absolute Gasteiger partial charge is 0.398 e. The molecule has 8 heteroatoms. The molecule has 2 aromatic carbocycles. The lowest BCUT2D eigenvalue weighted by Gasteiger charge is -2.36. The maximum atomic E-state index is 12.6. The van der Waals surface area contributed by atoms with Crippen LogP contribution in [0.5, 0.6) is 0 Å². The summed E-state index contributed by atoms with van der Waals surface area (Å²) in [6, 6.07) is 14.6. The predicted octanol–water partition coefficient (Wildman–Crippen LogP) is 2.00. The number of carbonyl (C=O) groups excluding carboxylic acids is 1. The minimum Gasteiger partial charge on any atom is -0.398 e. The van der Waals surface area contributed by atoms with Crippen molar-refractivity contribution in [3.05, 3.63) is 70.3 Å². The number of rotatable bonds is 5. The molecule has 1 aromatic heterocycles. The van der Waals surface area contributed by atoms with Gasteiger partial charge < -0.3 is 20.5 Å². The van der Waals surface area contributed by atoms with E-state index < -0.39 is 0 Å². The second-order valence-corrected chi connectivity index (χ2v) is 7.69. The number of nitrogens with one attached hydrogen (secondary N) is 2. The molecule has 0 unspecified atom stereocenters. The first-order valence-electron chi connectivity index (χ1n) is 10.5. The molecule has 4 N–H and O–H groups in total. The third-order valence-electron chi connectivity index (χ3n) is 5.63. The number of hydrogen-bond donors (Lipinski definition) is 3. The minimum absolute atomic E-state index is 0.0912. The van der Waals surface area contributed by atoms with Gasteiger partial charge in [0.15, 0.2) is 0 Å². The summed E-state index contributed by atoms with van der Waals surface area (Å²) in [7, 11) is 0. The van der Waals surface area contributed by atoms with Gasteiger partial charge in [-0.3, -0.25) is 15.0 Å². The Bertz CT molecular complexity index is 1160. The van der Waals surface area contributed by atoms with Crippen molar-refractivity contribution in [1.29, 1.82) is 5.41 Å². The fourth-order valence-corrected chi connectivity index (χ4v) is 3.88. The van der Waals surface area contributed by atoms with E-state index in [1.807, 2.05) is 46.2 Å². The van der Waals surface area contributed by atoms with Crippen LogP contribution >= 0.6 is 0 Å². The lowest BCUT2D eigenvalue weighted by Crippen LogP contribution is -2.50. The van der Waals surface area contributed by atoms with Crippen LogP contribution in [0.4, 0.5) is 5.69 Å². The average Bonchev–Trinajstić information content (AvgIpc) is 2.79. The highest BCUT2D eigenvalue weighted by Crippen LogP contribution is 2.16. The molecule has 1 saturated heterocycles. The smallest absolute Gasteiger partial charge is 0.258 e. The molecule has 1 aliphatic rings. The highest BCUT2D eigenvalue weighted by Gasteiger charge is 2.23. The fourth-order valence-electron chi connectivity index (χ4n) is 3.88. The number of carbonyl (C=O) groups is 1. The number of aryl methyl sites for hydroxylation is 1. The molecule has 0 radical (unpaired) electrons. The summed E-state index contributed by atoms with van der Waals surface area (Å²) < 4.78 is 0. The van der Waals surface area contributed by atoms with Crippen molar-refractivity contribution >= 4 is 28.3 Å². The van der Waals surface area contributed by atoms with Gasteiger partial charge in [-0.1, -0.05) is 24.3 Å². The van der Waals surface area contributed by atoms with E-state index in [4.69, 9.17) is 11.1 Å². The van der Waals surface area contributed by atoms with E-state index in [0.717, 1.165) is 5.56 Å². The summed E-state index contributed by atoms with van der Waals surface area (Å²) >= 11 is 0. The summed E-state index contributed by atoms with van der Waals surface area (Å²) in [5.74, 6) is 1.10. The fraction of sp³-hybridized carbons (Fsp3) is 0.304. The van der Waals surface area contributed by atoms with Crippen LogP contribution in [0.1, 0.15) is 24.2 Å². The van der Waals surface area contributed by atoms with Crippen molar-refractivity contribution < 1.29 is 4.79 Å². The van der Waals surface area contributed by atoms with Gasteiger partial charge in [0, 0.05) is 50.3 Å². The number of aromatic amines is 1. The van der Waals surface area contributed by atoms with Gasteiger partial charge in [-0.25, -0.2) is 4.98 Å². The number of nitrogens with zero attached hydrogens (tertiary/aromatic N) is 3. The van der Waals surface area contributed by atoms with Crippen LogP contribution in [0, 0.1) is 5.41 Å². The first kappa shape index (κ1) is 20.6. The van der Waals surface area contributed by atoms with Crippen molar-refractivity contribution in [2.45, 2.75) is 19.3 Å². The molecule has 1 aliphatic heterocycles. The number of hydrogen-bond acceptors (Lipinski definition) is 5. The normalized spacial score (nSPS) is 14.1. The lowest BCUT2D eigenvalue weighted by molar-refractivity contribution is -0.132. The number of nitrogens with two attached hydrogens (primary N) is 1. The first-order chi connectivity index (χ1) is 15.0. The zero-order valence-electron chi connectivity index (χ0n) is 17.3. The molecule has 2 heterocycles. The van der Waals surface area contributed by atoms with Crippen molar-refractivity contribution in [3.8, 4) is 0 Å². The topological polar surface area (TPSA) is 119 Å². The number of aromatic nitrogens is 2. The zero-order valence-corrected chi connectivity index (χ0v) is 17.3. The molecule has 1 amide bonds. The quantitative estimate of drug-likeness (QED) is 0.333. The van der Waals surface area contributed by atoms with Crippen molar-refractivity contribution in [3.63, 3.8) is 0 Å². The van der Waals surface area contributed by atoms with Crippen LogP contribution in [0.15, 0.2) is 53.3 Å². The van der Waals surface area contributed by atoms with Gasteiger partial charge in [-0.2, -0.15) is 0 Å². The van der Waals surface area contributed by atoms with Crippen molar-refractivity contribution in [2.75, 3.05) is 31.9 Å². The number of piperazine rings is 1. The second kappa shape index (κ2) is 8.99. The monoisotopic (exact) mass is 418 g/mol. The molecular formula is C23H26N6O2. The van der Waals surface area contributed by atoms with Crippen LogP contribution in [0.2, 0.25) is 0 Å². The number of H-pyrrole nitrogens is 1. The number of para-hydroxylation sites is 2. The highest BCUT2D eigenvalue weighted by molar-refractivity contribution is 6.01. The number of nitrogen functional groups attached to an aromatic ring is 1. The van der Waals surface area contributed by atoms with Gasteiger partial charge in [0.1, 0.15) is 11.7 Å². The molecule has 160 valence electrons. The summed E-state index contributed by atoms with van der Waals surface area (Å²) in [4.78, 5) is 35.9. The van der Waals surface area contributed by atoms with Gasteiger partial charge >= 0.3 is 0 Å². The second-order valence-electron chi connectivity index (χ2n) is 7.69. The maximum Gasteiger partial charge on any atom is 0.258 e. The Balaban J connectivity index is 1.27. The third kappa shape index (κ3) is 4.58. The van der Waals surface area contributed by atoms with E-state index in [9.17, 15) is 9.59 Å². The standard InChI is InChI=1S/C23H26N6O2/c24-18-8-3-1-6-16(18)22(25)29-14-12-28(13-15-29)21(30)11-5-10-20-26-19-9-4-2-7-17(19)23(31)27-20/h1-4,6-9,25H,5,10-15,24H2,(H,26,27,31). The Morgan fingerprint density at radius 2 is 1.71 bits per heavy atom. The van der Waals surface area contributed by atoms with Crippen LogP contribution in [-0.4, -0.2) is 57.7 Å². The third-order valence-corrected chi connectivity index (χ3v) is 5.63. The van der Waals surface area contributed by atoms with Crippen molar-refractivity contribution in [2.24, 2.45) is 0 Å². The SMILES string of the molecule is N=C(c1ccccc1N)N1CCN(C(=O)CCCc2nc3ccccc3c(=O)[nH]2)CC1. The van der Waals surface area contributed by atoms with E-state index in [-0.39, 0.29) is 11.5 Å². The molecule has 4 rings (SSSR count). The van der Waals surface area contributed by atoms with Gasteiger partial charge in [0.2, 0.25) is 5.91 Å². The van der Waals surface area contributed by atoms with Gasteiger partial charge in [0.05, 0.1) is 10.9 Å². The Labute approximate surface area is 180 Å². The molecule has 0 aliphatic carbocycles. The van der Waals surface area contributed by atoms with Gasteiger partial charge in [-0.05, 0) is 30.7 Å². The maximum absolute atomic E-state index is 12.6. The van der Waals surface area contributed by atoms with E-state index in [2.05, 4.69) is 9.97 Å². The Kier molecular flexibility index (Phi) is 5.97. The highest BCUT2D eigenvalue weighted by atomic mass is 16.2. The van der Waals surface area contributed by atoms with Crippen LogP contribution < -0.4 is 11.3 Å². The molecule has 0 saturated carbocycles. The molecule has 0 bridgehead atoms. The lowest BCUT2D eigenvalue weighted by atomic mass is 10.1. The van der Waals surface area contributed by atoms with E-state index in [0.29, 0.717) is 73.7 Å². The van der Waals surface area contributed by atoms with Crippen LogP contribution in [0.3, 0.4) is 0 Å². The summed E-state index contributed by atoms with van der Waals surface area (Å²) in [6.45, 7) is 2.38. The number of amidine groups is 1. The minimum atomic E-state index is -0.149. The summed E-state index contributed by atoms with van der Waals surface area (Å²) in [5.41, 5.74) is 7.82. The predicted molar refractivity (Wildman–Crippen MR) is 121 cm³/mol. The van der Waals surface area contributed by atoms with Crippen molar-refractivity contribution in [1.82, 2.24) is 19.8 Å². The van der Waals surface area contributed by atoms with Crippen LogP contribution in [-0.2, 0) is 11.2 Å². The molecule has 8 nitrogen and oxygen atoms in total.